The molecule has 0 heterocycles. The van der Waals surface area contributed by atoms with E-state index in [4.69, 9.17) is 0 Å². The molecule has 0 spiro atoms. The average Bonchev–Trinajstić information content (AvgIpc) is 2.41. The van der Waals surface area contributed by atoms with Gasteiger partial charge in [0.05, 0.1) is 5.41 Å². The van der Waals surface area contributed by atoms with Crippen LogP contribution in [0.1, 0.15) is 26.7 Å². The number of hydrogen-bond acceptors (Lipinski definition) is 2. The van der Waals surface area contributed by atoms with Crippen LogP contribution < -0.4 is 0 Å². The van der Waals surface area contributed by atoms with Gasteiger partial charge in [0.25, 0.3) is 0 Å². The average molecular weight is 292 g/mol. The quantitative estimate of drug-likeness (QED) is 0.421. The van der Waals surface area contributed by atoms with E-state index in [1.54, 1.807) is 0 Å². The summed E-state index contributed by atoms with van der Waals surface area (Å²) in [6.45, 7) is 4.15. The lowest BCUT2D eigenvalue weighted by molar-refractivity contribution is -0.141. The van der Waals surface area contributed by atoms with Crippen LogP contribution in [0.2, 0.25) is 0 Å². The van der Waals surface area contributed by atoms with Gasteiger partial charge in [0, 0.05) is 10.3 Å². The van der Waals surface area contributed by atoms with Gasteiger partial charge in [-0.15, -0.1) is 0 Å². The molecule has 2 aliphatic rings. The predicted molar refractivity (Wildman–Crippen MR) is 57.8 cm³/mol. The molecule has 0 aromatic heterocycles. The van der Waals surface area contributed by atoms with E-state index in [9.17, 15) is 9.59 Å². The van der Waals surface area contributed by atoms with Crippen molar-refractivity contribution in [2.24, 2.45) is 16.7 Å². The molecule has 0 aromatic carbocycles. The molecule has 2 rings (SSSR count). The third kappa shape index (κ3) is 0.845. The fourth-order valence-corrected chi connectivity index (χ4v) is 4.68. The summed E-state index contributed by atoms with van der Waals surface area (Å²) >= 11 is 2.25. The first-order valence-corrected chi connectivity index (χ1v) is 6.14. The van der Waals surface area contributed by atoms with Gasteiger partial charge in [-0.05, 0) is 18.3 Å². The molecule has 2 saturated carbocycles. The maximum atomic E-state index is 11.8. The highest BCUT2D eigenvalue weighted by molar-refractivity contribution is 14.1. The summed E-state index contributed by atoms with van der Waals surface area (Å²) in [7, 11) is 0. The lowest BCUT2D eigenvalue weighted by atomic mass is 9.70. The number of alkyl halides is 1. The number of hydrogen-bond donors (Lipinski definition) is 0. The van der Waals surface area contributed by atoms with Crippen molar-refractivity contribution < 1.29 is 9.59 Å². The standard InChI is InChI=1S/C10H13IO2/c1-9(2)6-3-4-10(9,5-11)8(13)7(6)12/h6H,3-5H2,1-2H3/t6-,10-/m0/s1. The largest absolute Gasteiger partial charge is 0.291 e. The summed E-state index contributed by atoms with van der Waals surface area (Å²) in [5.74, 6) is -0.189. The van der Waals surface area contributed by atoms with Crippen LogP contribution in [0, 0.1) is 16.7 Å². The monoisotopic (exact) mass is 292 g/mol. The van der Waals surface area contributed by atoms with Gasteiger partial charge in [0.1, 0.15) is 0 Å². The Morgan fingerprint density at radius 3 is 2.38 bits per heavy atom. The molecular formula is C10H13IO2. The fourth-order valence-electron chi connectivity index (χ4n) is 2.97. The zero-order valence-electron chi connectivity index (χ0n) is 7.89. The highest BCUT2D eigenvalue weighted by Crippen LogP contribution is 2.62. The van der Waals surface area contributed by atoms with Gasteiger partial charge in [0.15, 0.2) is 0 Å². The normalized spacial score (nSPS) is 41.6. The molecule has 0 aliphatic heterocycles. The lowest BCUT2D eigenvalue weighted by Gasteiger charge is -2.33. The second-order valence-corrected chi connectivity index (χ2v) is 5.48. The maximum absolute atomic E-state index is 11.8. The molecule has 0 amide bonds. The molecule has 0 saturated heterocycles. The van der Waals surface area contributed by atoms with Crippen LogP contribution in [-0.2, 0) is 9.59 Å². The zero-order valence-corrected chi connectivity index (χ0v) is 10.1. The highest BCUT2D eigenvalue weighted by Gasteiger charge is 2.68. The SMILES string of the molecule is CC1(C)[C@H]2CC[C@]1(CI)C(=O)C2=O. The van der Waals surface area contributed by atoms with Crippen LogP contribution in [0.25, 0.3) is 0 Å². The summed E-state index contributed by atoms with van der Waals surface area (Å²) in [6, 6.07) is 0. The summed E-state index contributed by atoms with van der Waals surface area (Å²) in [5, 5.41) is 0. The van der Waals surface area contributed by atoms with Crippen molar-refractivity contribution in [1.82, 2.24) is 0 Å². The van der Waals surface area contributed by atoms with Gasteiger partial charge in [-0.25, -0.2) is 0 Å². The molecule has 2 atom stereocenters. The van der Waals surface area contributed by atoms with Gasteiger partial charge >= 0.3 is 0 Å². The smallest absolute Gasteiger partial charge is 0.206 e. The van der Waals surface area contributed by atoms with Crippen molar-refractivity contribution in [3.8, 4) is 0 Å². The number of Topliss-reactive ketones (excluding diaryl/α,β-unsaturated/α-hetero) is 2. The van der Waals surface area contributed by atoms with E-state index in [0.29, 0.717) is 0 Å². The summed E-state index contributed by atoms with van der Waals surface area (Å²) in [4.78, 5) is 23.4. The van der Waals surface area contributed by atoms with Crippen LogP contribution in [0.5, 0.6) is 0 Å². The molecule has 13 heavy (non-hydrogen) atoms. The third-order valence-electron chi connectivity index (χ3n) is 4.17. The minimum Gasteiger partial charge on any atom is -0.291 e. The van der Waals surface area contributed by atoms with Gasteiger partial charge < -0.3 is 0 Å². The number of carbonyl (C=O) groups excluding carboxylic acids is 2. The number of rotatable bonds is 1. The molecule has 2 bridgehead atoms. The van der Waals surface area contributed by atoms with Crippen LogP contribution in [0.15, 0.2) is 0 Å². The molecule has 0 N–H and O–H groups in total. The number of halogens is 1. The Kier molecular flexibility index (Phi) is 1.89. The van der Waals surface area contributed by atoms with E-state index in [-0.39, 0.29) is 28.3 Å². The molecule has 2 nitrogen and oxygen atoms in total. The van der Waals surface area contributed by atoms with Crippen molar-refractivity contribution in [3.63, 3.8) is 0 Å². The van der Waals surface area contributed by atoms with Crippen molar-refractivity contribution in [2.45, 2.75) is 26.7 Å². The van der Waals surface area contributed by atoms with E-state index in [1.165, 1.54) is 0 Å². The van der Waals surface area contributed by atoms with Crippen LogP contribution >= 0.6 is 22.6 Å². The highest BCUT2D eigenvalue weighted by atomic mass is 127. The van der Waals surface area contributed by atoms with Crippen molar-refractivity contribution in [1.29, 1.82) is 0 Å². The van der Waals surface area contributed by atoms with E-state index < -0.39 is 0 Å². The molecule has 72 valence electrons. The molecule has 3 heteroatoms. The first kappa shape index (κ1) is 9.62. The molecule has 2 fully saturated rings. The minimum absolute atomic E-state index is 0.00904. The molecular weight excluding hydrogens is 279 g/mol. The second kappa shape index (κ2) is 2.55. The van der Waals surface area contributed by atoms with Crippen molar-refractivity contribution in [3.05, 3.63) is 0 Å². The van der Waals surface area contributed by atoms with E-state index in [0.717, 1.165) is 17.3 Å². The maximum Gasteiger partial charge on any atom is 0.206 e. The Morgan fingerprint density at radius 1 is 1.46 bits per heavy atom. The Balaban J connectivity index is 2.56. The Labute approximate surface area is 91.6 Å². The second-order valence-electron chi connectivity index (χ2n) is 4.72. The zero-order chi connectivity index (χ0) is 9.85. The molecule has 0 aromatic rings. The lowest BCUT2D eigenvalue weighted by Crippen LogP contribution is -2.38. The van der Waals surface area contributed by atoms with Gasteiger partial charge in [-0.1, -0.05) is 36.4 Å². The first-order valence-electron chi connectivity index (χ1n) is 4.62. The first-order chi connectivity index (χ1) is 5.97. The minimum atomic E-state index is -0.324. The van der Waals surface area contributed by atoms with E-state index >= 15 is 0 Å². The molecule has 0 unspecified atom stereocenters. The third-order valence-corrected chi connectivity index (χ3v) is 5.47. The van der Waals surface area contributed by atoms with Gasteiger partial charge in [-0.3, -0.25) is 9.59 Å². The number of carbonyl (C=O) groups is 2. The molecule has 0 radical (unpaired) electrons. The van der Waals surface area contributed by atoms with Crippen LogP contribution in [0.4, 0.5) is 0 Å². The number of ketones is 2. The summed E-state index contributed by atoms with van der Waals surface area (Å²) < 4.78 is 0.791. The summed E-state index contributed by atoms with van der Waals surface area (Å²) in [6.07, 6.45) is 1.83. The van der Waals surface area contributed by atoms with Crippen molar-refractivity contribution in [2.75, 3.05) is 4.43 Å². The van der Waals surface area contributed by atoms with Crippen LogP contribution in [0.3, 0.4) is 0 Å². The number of fused-ring (bicyclic) bond motifs is 2. The Morgan fingerprint density at radius 2 is 2.08 bits per heavy atom. The summed E-state index contributed by atoms with van der Waals surface area (Å²) in [5.41, 5.74) is -0.419. The molecule has 2 aliphatic carbocycles. The van der Waals surface area contributed by atoms with E-state index in [1.807, 2.05) is 0 Å². The predicted octanol–water partition coefficient (Wildman–Crippen LogP) is 2.00. The van der Waals surface area contributed by atoms with Crippen LogP contribution in [-0.4, -0.2) is 16.0 Å². The van der Waals surface area contributed by atoms with Gasteiger partial charge in [-0.2, -0.15) is 0 Å². The topological polar surface area (TPSA) is 34.1 Å². The van der Waals surface area contributed by atoms with E-state index in [2.05, 4.69) is 36.4 Å². The Bertz CT molecular complexity index is 295. The Hall–Kier alpha value is 0.0700. The fraction of sp³-hybridized carbons (Fsp3) is 0.800. The van der Waals surface area contributed by atoms with Crippen molar-refractivity contribution >= 4 is 34.2 Å². The van der Waals surface area contributed by atoms with Gasteiger partial charge in [0.2, 0.25) is 11.6 Å².